The molecule has 2 aromatic carbocycles. The Morgan fingerprint density at radius 2 is 1.68 bits per heavy atom. The molecule has 0 fully saturated rings. The second-order valence-electron chi connectivity index (χ2n) is 5.68. The van der Waals surface area contributed by atoms with Gasteiger partial charge in [-0.15, -0.1) is 10.2 Å². The molecule has 1 heterocycles. The molecule has 1 amide bonds. The van der Waals surface area contributed by atoms with Gasteiger partial charge in [-0.3, -0.25) is 4.79 Å². The third-order valence-electron chi connectivity index (χ3n) is 3.68. The molecule has 0 unspecified atom stereocenters. The van der Waals surface area contributed by atoms with Crippen molar-refractivity contribution in [3.05, 3.63) is 77.1 Å². The van der Waals surface area contributed by atoms with Crippen molar-refractivity contribution >= 4 is 23.2 Å². The first-order valence-corrected chi connectivity index (χ1v) is 7.77. The van der Waals surface area contributed by atoms with Crippen LogP contribution in [-0.4, -0.2) is 16.1 Å². The van der Waals surface area contributed by atoms with Gasteiger partial charge in [0.1, 0.15) is 5.82 Å². The molecule has 0 radical (unpaired) electrons. The van der Waals surface area contributed by atoms with Gasteiger partial charge < -0.3 is 10.6 Å². The summed E-state index contributed by atoms with van der Waals surface area (Å²) in [6, 6.07) is 15.2. The number of rotatable bonds is 4. The maximum absolute atomic E-state index is 13.6. The molecule has 3 rings (SSSR count). The molecule has 0 saturated heterocycles. The van der Waals surface area contributed by atoms with Gasteiger partial charge in [0.15, 0.2) is 11.6 Å². The first-order valence-electron chi connectivity index (χ1n) is 7.77. The fourth-order valence-electron chi connectivity index (χ4n) is 2.30. The highest BCUT2D eigenvalue weighted by Gasteiger charge is 2.11. The Kier molecular flexibility index (Phi) is 4.70. The summed E-state index contributed by atoms with van der Waals surface area (Å²) in [6.07, 6.45) is 0. The topological polar surface area (TPSA) is 66.9 Å². The summed E-state index contributed by atoms with van der Waals surface area (Å²) < 4.78 is 13.6. The Bertz CT molecular complexity index is 910. The van der Waals surface area contributed by atoms with E-state index in [0.717, 1.165) is 16.8 Å². The molecule has 2 N–H and O–H groups in total. The number of carbonyl (C=O) groups excluding carboxylic acids is 1. The molecule has 6 heteroatoms. The normalized spacial score (nSPS) is 10.4. The van der Waals surface area contributed by atoms with Crippen molar-refractivity contribution in [1.82, 2.24) is 10.2 Å². The van der Waals surface area contributed by atoms with Gasteiger partial charge in [0.2, 0.25) is 0 Å². The van der Waals surface area contributed by atoms with Gasteiger partial charge >= 0.3 is 0 Å². The standard InChI is InChI=1S/C19H17FN4O/c1-12-7-8-13(2)16(11-12)21-17-9-10-18(24-23-17)22-19(25)14-5-3-4-6-15(14)20/h3-11H,1-2H3,(H,21,23)(H,22,24,25). The minimum absolute atomic E-state index is 0.0399. The van der Waals surface area contributed by atoms with Crippen molar-refractivity contribution in [2.45, 2.75) is 13.8 Å². The number of amides is 1. The summed E-state index contributed by atoms with van der Waals surface area (Å²) >= 11 is 0. The van der Waals surface area contributed by atoms with Gasteiger partial charge in [0, 0.05) is 5.69 Å². The van der Waals surface area contributed by atoms with E-state index in [2.05, 4.69) is 20.8 Å². The van der Waals surface area contributed by atoms with Gasteiger partial charge in [0.25, 0.3) is 5.91 Å². The number of halogens is 1. The number of benzene rings is 2. The van der Waals surface area contributed by atoms with Crippen LogP contribution in [0.1, 0.15) is 21.5 Å². The minimum atomic E-state index is -0.582. The number of hydrogen-bond acceptors (Lipinski definition) is 4. The van der Waals surface area contributed by atoms with E-state index < -0.39 is 11.7 Å². The molecule has 3 aromatic rings. The molecule has 0 aliphatic rings. The van der Waals surface area contributed by atoms with Crippen LogP contribution >= 0.6 is 0 Å². The Balaban J connectivity index is 1.71. The number of aryl methyl sites for hydroxylation is 2. The molecule has 0 spiro atoms. The van der Waals surface area contributed by atoms with E-state index in [1.807, 2.05) is 32.0 Å². The lowest BCUT2D eigenvalue weighted by atomic mass is 10.1. The molecule has 5 nitrogen and oxygen atoms in total. The number of nitrogens with one attached hydrogen (secondary N) is 2. The summed E-state index contributed by atoms with van der Waals surface area (Å²) in [5.41, 5.74) is 3.12. The Hall–Kier alpha value is -3.28. The maximum atomic E-state index is 13.6. The molecular formula is C19H17FN4O. The number of anilines is 3. The van der Waals surface area contributed by atoms with Crippen molar-refractivity contribution in [1.29, 1.82) is 0 Å². The molecule has 0 saturated carbocycles. The number of carbonyl (C=O) groups is 1. The van der Waals surface area contributed by atoms with Crippen LogP contribution in [0.25, 0.3) is 0 Å². The van der Waals surface area contributed by atoms with Crippen LogP contribution in [0.5, 0.6) is 0 Å². The zero-order chi connectivity index (χ0) is 17.8. The molecular weight excluding hydrogens is 319 g/mol. The van der Waals surface area contributed by atoms with Crippen LogP contribution in [0.2, 0.25) is 0 Å². The fourth-order valence-corrected chi connectivity index (χ4v) is 2.30. The van der Waals surface area contributed by atoms with Crippen LogP contribution in [0.4, 0.5) is 21.7 Å². The largest absolute Gasteiger partial charge is 0.339 e. The Morgan fingerprint density at radius 1 is 0.960 bits per heavy atom. The second-order valence-corrected chi connectivity index (χ2v) is 5.68. The second kappa shape index (κ2) is 7.09. The van der Waals surface area contributed by atoms with Gasteiger partial charge in [-0.2, -0.15) is 0 Å². The van der Waals surface area contributed by atoms with E-state index in [1.165, 1.54) is 18.2 Å². The lowest BCUT2D eigenvalue weighted by Gasteiger charge is -2.10. The van der Waals surface area contributed by atoms with E-state index >= 15 is 0 Å². The van der Waals surface area contributed by atoms with Gasteiger partial charge in [0.05, 0.1) is 5.56 Å². The van der Waals surface area contributed by atoms with E-state index in [9.17, 15) is 9.18 Å². The first-order chi connectivity index (χ1) is 12.0. The highest BCUT2D eigenvalue weighted by atomic mass is 19.1. The smallest absolute Gasteiger partial charge is 0.259 e. The Labute approximate surface area is 144 Å². The highest BCUT2D eigenvalue weighted by Crippen LogP contribution is 2.20. The maximum Gasteiger partial charge on any atom is 0.259 e. The third-order valence-corrected chi connectivity index (χ3v) is 3.68. The molecule has 0 atom stereocenters. The summed E-state index contributed by atoms with van der Waals surface area (Å²) in [7, 11) is 0. The Morgan fingerprint density at radius 3 is 2.40 bits per heavy atom. The fraction of sp³-hybridized carbons (Fsp3) is 0.105. The highest BCUT2D eigenvalue weighted by molar-refractivity contribution is 6.03. The molecule has 126 valence electrons. The van der Waals surface area contributed by atoms with Crippen molar-refractivity contribution in [2.24, 2.45) is 0 Å². The van der Waals surface area contributed by atoms with Crippen LogP contribution in [-0.2, 0) is 0 Å². The van der Waals surface area contributed by atoms with Crippen molar-refractivity contribution < 1.29 is 9.18 Å². The SMILES string of the molecule is Cc1ccc(C)c(Nc2ccc(NC(=O)c3ccccc3F)nn2)c1. The van der Waals surface area contributed by atoms with Crippen LogP contribution in [0.3, 0.4) is 0 Å². The van der Waals surface area contributed by atoms with E-state index in [-0.39, 0.29) is 11.4 Å². The molecule has 1 aromatic heterocycles. The summed E-state index contributed by atoms with van der Waals surface area (Å²) in [5.74, 6) is -0.346. The van der Waals surface area contributed by atoms with E-state index in [4.69, 9.17) is 0 Å². The third kappa shape index (κ3) is 3.98. The van der Waals surface area contributed by atoms with Gasteiger partial charge in [-0.1, -0.05) is 24.3 Å². The number of aromatic nitrogens is 2. The lowest BCUT2D eigenvalue weighted by Crippen LogP contribution is -2.15. The van der Waals surface area contributed by atoms with Gasteiger partial charge in [-0.25, -0.2) is 4.39 Å². The monoisotopic (exact) mass is 336 g/mol. The van der Waals surface area contributed by atoms with E-state index in [1.54, 1.807) is 18.2 Å². The zero-order valence-electron chi connectivity index (χ0n) is 13.9. The van der Waals surface area contributed by atoms with E-state index in [0.29, 0.717) is 5.82 Å². The predicted molar refractivity (Wildman–Crippen MR) is 95.6 cm³/mol. The molecule has 25 heavy (non-hydrogen) atoms. The summed E-state index contributed by atoms with van der Waals surface area (Å²) in [6.45, 7) is 4.01. The van der Waals surface area contributed by atoms with Crippen LogP contribution in [0.15, 0.2) is 54.6 Å². The first kappa shape index (κ1) is 16.6. The average Bonchev–Trinajstić information content (AvgIpc) is 2.60. The number of hydrogen-bond donors (Lipinski definition) is 2. The number of nitrogens with zero attached hydrogens (tertiary/aromatic N) is 2. The van der Waals surface area contributed by atoms with Gasteiger partial charge in [-0.05, 0) is 55.3 Å². The minimum Gasteiger partial charge on any atom is -0.339 e. The molecule has 0 aliphatic heterocycles. The quantitative estimate of drug-likeness (QED) is 0.748. The van der Waals surface area contributed by atoms with Crippen molar-refractivity contribution in [3.63, 3.8) is 0 Å². The van der Waals surface area contributed by atoms with Crippen LogP contribution < -0.4 is 10.6 Å². The average molecular weight is 336 g/mol. The molecule has 0 bridgehead atoms. The summed E-state index contributed by atoms with van der Waals surface area (Å²) in [5, 5.41) is 13.7. The summed E-state index contributed by atoms with van der Waals surface area (Å²) in [4.78, 5) is 12.1. The van der Waals surface area contributed by atoms with Crippen molar-refractivity contribution in [3.8, 4) is 0 Å². The van der Waals surface area contributed by atoms with Crippen molar-refractivity contribution in [2.75, 3.05) is 10.6 Å². The lowest BCUT2D eigenvalue weighted by molar-refractivity contribution is 0.102. The van der Waals surface area contributed by atoms with Crippen LogP contribution in [0, 0.1) is 19.7 Å². The molecule has 0 aliphatic carbocycles. The predicted octanol–water partition coefficient (Wildman–Crippen LogP) is 4.23. The zero-order valence-corrected chi connectivity index (χ0v) is 13.9.